The molecule has 1 amide bonds. The van der Waals surface area contributed by atoms with Crippen molar-refractivity contribution in [3.8, 4) is 5.75 Å². The van der Waals surface area contributed by atoms with E-state index >= 15 is 0 Å². The van der Waals surface area contributed by atoms with Gasteiger partial charge in [0.25, 0.3) is 0 Å². The number of piperazine rings is 1. The number of benzene rings is 2. The van der Waals surface area contributed by atoms with Crippen LogP contribution in [0.3, 0.4) is 0 Å². The number of carbonyl (C=O) groups is 2. The first-order valence-corrected chi connectivity index (χ1v) is 19.9. The number of aromatic nitrogens is 2. The summed E-state index contributed by atoms with van der Waals surface area (Å²) >= 11 is 6.52. The molecule has 276 valence electrons. The maximum absolute atomic E-state index is 13.0. The van der Waals surface area contributed by atoms with Crippen LogP contribution in [0.5, 0.6) is 5.75 Å². The lowest BCUT2D eigenvalue weighted by molar-refractivity contribution is -0.124. The van der Waals surface area contributed by atoms with Gasteiger partial charge >= 0.3 is 0 Å². The molecule has 1 saturated heterocycles. The molecule has 5 aliphatic rings. The predicted octanol–water partition coefficient (Wildman–Crippen LogP) is 7.96. The number of unbranched alkanes of at least 4 members (excludes halogenated alkanes) is 1. The Labute approximate surface area is 314 Å². The molecule has 3 aromatic rings. The average molecular weight is 724 g/mol. The van der Waals surface area contributed by atoms with E-state index in [9.17, 15) is 9.59 Å². The van der Waals surface area contributed by atoms with Gasteiger partial charge in [-0.2, -0.15) is 0 Å². The van der Waals surface area contributed by atoms with Crippen LogP contribution in [0.15, 0.2) is 61.3 Å². The van der Waals surface area contributed by atoms with E-state index in [1.807, 2.05) is 24.3 Å². The number of ether oxygens (including phenoxy) is 1. The number of rotatable bonds is 16. The van der Waals surface area contributed by atoms with Crippen LogP contribution in [0.2, 0.25) is 5.02 Å². The number of halogens is 1. The highest BCUT2D eigenvalue weighted by Gasteiger charge is 2.48. The van der Waals surface area contributed by atoms with Gasteiger partial charge in [0.15, 0.2) is 0 Å². The smallest absolute Gasteiger partial charge is 0.247 e. The number of nitrogens with one attached hydrogen (secondary N) is 1. The Bertz CT molecular complexity index is 1710. The number of Topliss-reactive ketones (excluding diaryl/α,β-unsaturated/α-hetero) is 1. The summed E-state index contributed by atoms with van der Waals surface area (Å²) < 4.78 is 5.85. The van der Waals surface area contributed by atoms with Gasteiger partial charge in [0.1, 0.15) is 17.4 Å². The molecule has 1 aromatic heterocycles. The number of aryl methyl sites for hydroxylation is 2. The summed E-state index contributed by atoms with van der Waals surface area (Å²) in [5, 5.41) is 3.35. The van der Waals surface area contributed by atoms with Gasteiger partial charge in [-0.25, -0.2) is 9.97 Å². The Morgan fingerprint density at radius 1 is 0.981 bits per heavy atom. The van der Waals surface area contributed by atoms with Gasteiger partial charge in [-0.15, -0.1) is 0 Å². The van der Waals surface area contributed by atoms with Gasteiger partial charge in [-0.3, -0.25) is 14.5 Å². The third-order valence-corrected chi connectivity index (χ3v) is 12.6. The van der Waals surface area contributed by atoms with E-state index < -0.39 is 0 Å². The molecular formula is C43H54ClN5O3. The molecule has 0 unspecified atom stereocenters. The number of anilines is 2. The fourth-order valence-corrected chi connectivity index (χ4v) is 10.0. The van der Waals surface area contributed by atoms with Crippen LogP contribution in [0.25, 0.3) is 0 Å². The lowest BCUT2D eigenvalue weighted by atomic mass is 9.51. The normalized spacial score (nSPS) is 23.8. The Hall–Kier alpha value is -3.75. The van der Waals surface area contributed by atoms with E-state index in [4.69, 9.17) is 21.3 Å². The van der Waals surface area contributed by atoms with Crippen LogP contribution in [0.1, 0.15) is 80.4 Å². The molecule has 52 heavy (non-hydrogen) atoms. The van der Waals surface area contributed by atoms with Crippen LogP contribution < -0.4 is 15.0 Å². The number of ketones is 1. The summed E-state index contributed by atoms with van der Waals surface area (Å²) in [4.78, 5) is 39.0. The molecule has 9 heteroatoms. The van der Waals surface area contributed by atoms with Crippen LogP contribution in [-0.2, 0) is 28.9 Å². The van der Waals surface area contributed by atoms with Gasteiger partial charge in [0.2, 0.25) is 5.91 Å². The van der Waals surface area contributed by atoms with Crippen molar-refractivity contribution >= 4 is 34.7 Å². The Morgan fingerprint density at radius 3 is 2.48 bits per heavy atom. The Kier molecular flexibility index (Phi) is 11.9. The summed E-state index contributed by atoms with van der Waals surface area (Å²) in [5.41, 5.74) is 4.80. The summed E-state index contributed by atoms with van der Waals surface area (Å²) in [7, 11) is 1.72. The van der Waals surface area contributed by atoms with Crippen molar-refractivity contribution in [3.63, 3.8) is 0 Å². The second-order valence-electron chi connectivity index (χ2n) is 15.8. The third kappa shape index (κ3) is 9.06. The molecule has 8 nitrogen and oxygen atoms in total. The molecule has 4 saturated carbocycles. The number of nitrogens with zero attached hydrogens (tertiary/aromatic N) is 4. The van der Waals surface area contributed by atoms with E-state index in [0.29, 0.717) is 35.4 Å². The zero-order chi connectivity index (χ0) is 36.0. The SMILES string of the molecule is C=CC(=O)Nc1cccc(CCc2nc(Cc3ccc(N4CCN(CCCCC(=O)CC5C6CC7CC(C6)CC5C7)CC4)cc3OC)ncc2Cl)c1. The maximum Gasteiger partial charge on any atom is 0.247 e. The van der Waals surface area contributed by atoms with Crippen LogP contribution in [0.4, 0.5) is 11.4 Å². The van der Waals surface area contributed by atoms with Crippen LogP contribution in [0, 0.1) is 29.6 Å². The van der Waals surface area contributed by atoms with Crippen molar-refractivity contribution in [2.24, 2.45) is 29.6 Å². The molecule has 0 radical (unpaired) electrons. The fourth-order valence-electron chi connectivity index (χ4n) is 9.83. The van der Waals surface area contributed by atoms with Gasteiger partial charge in [0.05, 0.1) is 17.8 Å². The van der Waals surface area contributed by atoms with Crippen molar-refractivity contribution in [2.75, 3.05) is 50.1 Å². The minimum Gasteiger partial charge on any atom is -0.496 e. The quantitative estimate of drug-likeness (QED) is 0.119. The first-order chi connectivity index (χ1) is 25.3. The second-order valence-corrected chi connectivity index (χ2v) is 16.2. The standard InChI is InChI=1S/C43H54ClN5O3/c1-3-43(51)46-35-8-6-7-29(24-35)10-13-40-39(44)28-45-42(47-40)25-32-11-12-36(26-41(32)52-2)49-17-15-48(16-18-49)14-5-4-9-37(50)27-38-33-20-30-19-31(22-33)23-34(38)21-30/h3,6-8,11-12,24,26,28,30-31,33-34,38H,1,4-5,9-10,13-23,25,27H2,2H3,(H,46,51). The summed E-state index contributed by atoms with van der Waals surface area (Å²) in [6.45, 7) is 8.59. The highest BCUT2D eigenvalue weighted by Crippen LogP contribution is 2.57. The van der Waals surface area contributed by atoms with Gasteiger partial charge in [-0.1, -0.05) is 36.4 Å². The monoisotopic (exact) mass is 723 g/mol. The van der Waals surface area contributed by atoms with Crippen molar-refractivity contribution in [1.29, 1.82) is 0 Å². The summed E-state index contributed by atoms with van der Waals surface area (Å²) in [5.74, 6) is 6.18. The van der Waals surface area contributed by atoms with Crippen molar-refractivity contribution in [1.82, 2.24) is 14.9 Å². The van der Waals surface area contributed by atoms with Crippen LogP contribution in [-0.4, -0.2) is 66.4 Å². The molecule has 8 rings (SSSR count). The topological polar surface area (TPSA) is 87.7 Å². The first kappa shape index (κ1) is 36.6. The predicted molar refractivity (Wildman–Crippen MR) is 208 cm³/mol. The van der Waals surface area contributed by atoms with E-state index in [1.54, 1.807) is 13.3 Å². The van der Waals surface area contributed by atoms with Gasteiger partial charge in [-0.05, 0) is 124 Å². The number of hydrogen-bond acceptors (Lipinski definition) is 7. The molecule has 5 fully saturated rings. The molecule has 1 aliphatic heterocycles. The van der Waals surface area contributed by atoms with Crippen molar-refractivity contribution in [3.05, 3.63) is 89.0 Å². The lowest BCUT2D eigenvalue weighted by Crippen LogP contribution is -2.46. The molecule has 1 N–H and O–H groups in total. The Balaban J connectivity index is 0.852. The summed E-state index contributed by atoms with van der Waals surface area (Å²) in [6, 6.07) is 14.2. The Morgan fingerprint density at radius 2 is 1.75 bits per heavy atom. The van der Waals surface area contributed by atoms with E-state index in [2.05, 4.69) is 44.9 Å². The highest BCUT2D eigenvalue weighted by molar-refractivity contribution is 6.31. The molecule has 0 atom stereocenters. The minimum absolute atomic E-state index is 0.236. The lowest BCUT2D eigenvalue weighted by Gasteiger charge is -2.54. The van der Waals surface area contributed by atoms with E-state index in [1.165, 1.54) is 43.9 Å². The number of hydrogen-bond donors (Lipinski definition) is 1. The largest absolute Gasteiger partial charge is 0.496 e. The van der Waals surface area contributed by atoms with Gasteiger partial charge < -0.3 is 15.0 Å². The molecule has 4 aliphatic carbocycles. The number of carbonyl (C=O) groups excluding carboxylic acids is 2. The summed E-state index contributed by atoms with van der Waals surface area (Å²) in [6.07, 6.45) is 15.7. The minimum atomic E-state index is -0.236. The fraction of sp³-hybridized carbons (Fsp3) is 0.535. The molecule has 4 bridgehead atoms. The zero-order valence-corrected chi connectivity index (χ0v) is 31.5. The number of methoxy groups -OCH3 is 1. The maximum atomic E-state index is 13.0. The highest BCUT2D eigenvalue weighted by atomic mass is 35.5. The van der Waals surface area contributed by atoms with Crippen molar-refractivity contribution in [2.45, 2.75) is 77.0 Å². The zero-order valence-electron chi connectivity index (χ0n) is 30.7. The second kappa shape index (κ2) is 16.9. The van der Waals surface area contributed by atoms with Crippen LogP contribution >= 0.6 is 11.6 Å². The van der Waals surface area contributed by atoms with Crippen molar-refractivity contribution < 1.29 is 14.3 Å². The molecular weight excluding hydrogens is 670 g/mol. The third-order valence-electron chi connectivity index (χ3n) is 12.3. The van der Waals surface area contributed by atoms with Gasteiger partial charge in [0, 0.05) is 74.6 Å². The molecule has 2 heterocycles. The first-order valence-electron chi connectivity index (χ1n) is 19.5. The molecule has 0 spiro atoms. The number of amides is 1. The van der Waals surface area contributed by atoms with E-state index in [-0.39, 0.29) is 5.91 Å². The average Bonchev–Trinajstić information content (AvgIpc) is 3.15. The van der Waals surface area contributed by atoms with E-state index in [0.717, 1.165) is 117 Å². The molecule has 2 aromatic carbocycles.